The van der Waals surface area contributed by atoms with E-state index >= 15 is 0 Å². The van der Waals surface area contributed by atoms with Gasteiger partial charge in [-0.05, 0) is 36.4 Å². The number of nitrogens with zero attached hydrogens (tertiary/aromatic N) is 3. The molecule has 0 amide bonds. The predicted octanol–water partition coefficient (Wildman–Crippen LogP) is 4.09. The highest BCUT2D eigenvalue weighted by molar-refractivity contribution is 5.66. The fraction of sp³-hybridized carbons (Fsp3) is 0.0870. The number of hydrogen-bond donors (Lipinski definition) is 1. The van der Waals surface area contributed by atoms with E-state index in [1.165, 1.54) is 0 Å². The fourth-order valence-electron chi connectivity index (χ4n) is 3.04. The molecule has 4 aromatic rings. The number of aromatic amines is 1. The number of hydrogen-bond acceptors (Lipinski definition) is 4. The first-order valence-corrected chi connectivity index (χ1v) is 9.09. The van der Waals surface area contributed by atoms with E-state index in [0.717, 1.165) is 22.6 Å². The Morgan fingerprint density at radius 2 is 1.93 bits per heavy atom. The summed E-state index contributed by atoms with van der Waals surface area (Å²) in [4.78, 5) is 0. The Kier molecular flexibility index (Phi) is 5.21. The lowest BCUT2D eigenvalue weighted by Gasteiger charge is -2.07. The van der Waals surface area contributed by atoms with Gasteiger partial charge in [0.05, 0.1) is 24.9 Å². The minimum atomic E-state index is 0.590. The van der Waals surface area contributed by atoms with Gasteiger partial charge in [0.25, 0.3) is 0 Å². The molecule has 0 atom stereocenters. The van der Waals surface area contributed by atoms with Gasteiger partial charge in [-0.1, -0.05) is 18.2 Å². The van der Waals surface area contributed by atoms with Crippen LogP contribution in [0.5, 0.6) is 17.2 Å². The lowest BCUT2D eigenvalue weighted by atomic mass is 10.1. The smallest absolute Gasteiger partial charge is 0.211 e. The molecule has 0 unspecified atom stereocenters. The minimum absolute atomic E-state index is 0.590. The van der Waals surface area contributed by atoms with Crippen LogP contribution in [0.15, 0.2) is 79.3 Å². The zero-order valence-electron chi connectivity index (χ0n) is 15.9. The molecule has 0 bridgehead atoms. The van der Waals surface area contributed by atoms with Crippen LogP contribution < -0.4 is 14.0 Å². The highest BCUT2D eigenvalue weighted by Crippen LogP contribution is 2.31. The maximum Gasteiger partial charge on any atom is 0.211 e. The third kappa shape index (κ3) is 4.25. The summed E-state index contributed by atoms with van der Waals surface area (Å²) in [5.41, 5.74) is 3.51. The molecule has 6 nitrogen and oxygen atoms in total. The standard InChI is InChI=1S/C23H19N4O2/c1-28-21-6-3-11-27(16-21)15-18-4-2-5-19(12-18)23-22(14-25-26-23)29-20-9-7-17(13-24)8-10-20/h2-12,14,16H,15H2,1H3,(H,25,26)/q+1. The molecule has 0 fully saturated rings. The maximum atomic E-state index is 8.92. The molecule has 2 aromatic carbocycles. The van der Waals surface area contributed by atoms with E-state index in [1.54, 1.807) is 37.6 Å². The molecule has 0 aliphatic rings. The van der Waals surface area contributed by atoms with Crippen LogP contribution >= 0.6 is 0 Å². The van der Waals surface area contributed by atoms with E-state index in [-0.39, 0.29) is 0 Å². The van der Waals surface area contributed by atoms with E-state index in [1.807, 2.05) is 36.7 Å². The first kappa shape index (κ1) is 18.3. The molecular formula is C23H19N4O2+. The summed E-state index contributed by atoms with van der Waals surface area (Å²) in [6, 6.07) is 21.2. The zero-order chi connectivity index (χ0) is 20.1. The third-order valence-corrected chi connectivity index (χ3v) is 4.46. The van der Waals surface area contributed by atoms with Crippen LogP contribution in [0.3, 0.4) is 0 Å². The molecule has 1 N–H and O–H groups in total. The van der Waals surface area contributed by atoms with Crippen molar-refractivity contribution >= 4 is 0 Å². The molecule has 0 radical (unpaired) electrons. The highest BCUT2D eigenvalue weighted by atomic mass is 16.5. The lowest BCUT2D eigenvalue weighted by Crippen LogP contribution is -2.33. The first-order valence-electron chi connectivity index (χ1n) is 9.09. The van der Waals surface area contributed by atoms with Crippen molar-refractivity contribution in [1.82, 2.24) is 10.2 Å². The van der Waals surface area contributed by atoms with Gasteiger partial charge in [0.15, 0.2) is 24.2 Å². The molecule has 2 heterocycles. The minimum Gasteiger partial charge on any atom is -0.491 e. The number of H-pyrrole nitrogens is 1. The molecule has 6 heteroatoms. The number of methoxy groups -OCH3 is 1. The number of benzene rings is 2. The predicted molar refractivity (Wildman–Crippen MR) is 108 cm³/mol. The summed E-state index contributed by atoms with van der Waals surface area (Å²) in [5.74, 6) is 2.09. The lowest BCUT2D eigenvalue weighted by molar-refractivity contribution is -0.688. The molecule has 0 spiro atoms. The second-order valence-electron chi connectivity index (χ2n) is 6.46. The first-order chi connectivity index (χ1) is 14.2. The Morgan fingerprint density at radius 3 is 2.72 bits per heavy atom. The molecule has 142 valence electrons. The number of nitrogens with one attached hydrogen (secondary N) is 1. The van der Waals surface area contributed by atoms with Crippen LogP contribution in [0.1, 0.15) is 11.1 Å². The number of nitriles is 1. The van der Waals surface area contributed by atoms with Gasteiger partial charge in [0, 0.05) is 17.2 Å². The van der Waals surface area contributed by atoms with Gasteiger partial charge in [-0.15, -0.1) is 0 Å². The van der Waals surface area contributed by atoms with Crippen molar-refractivity contribution in [3.8, 4) is 34.6 Å². The van der Waals surface area contributed by atoms with Crippen molar-refractivity contribution in [3.05, 3.63) is 90.4 Å². The number of aromatic nitrogens is 3. The average molecular weight is 383 g/mol. The SMILES string of the molecule is COc1ccc[n+](Cc2cccc(-c3[nH]ncc3Oc3ccc(C#N)cc3)c2)c1. The third-order valence-electron chi connectivity index (χ3n) is 4.46. The summed E-state index contributed by atoms with van der Waals surface area (Å²) < 4.78 is 13.3. The second-order valence-corrected chi connectivity index (χ2v) is 6.46. The van der Waals surface area contributed by atoms with Crippen LogP contribution in [0, 0.1) is 11.3 Å². The van der Waals surface area contributed by atoms with Gasteiger partial charge in [-0.3, -0.25) is 5.10 Å². The monoisotopic (exact) mass is 383 g/mol. The van der Waals surface area contributed by atoms with Crippen molar-refractivity contribution in [1.29, 1.82) is 5.26 Å². The molecule has 0 aliphatic carbocycles. The Morgan fingerprint density at radius 1 is 1.07 bits per heavy atom. The van der Waals surface area contributed by atoms with Crippen LogP contribution in [0.25, 0.3) is 11.3 Å². The van der Waals surface area contributed by atoms with Crippen molar-refractivity contribution in [2.75, 3.05) is 7.11 Å². The number of pyridine rings is 1. The van der Waals surface area contributed by atoms with Gasteiger partial charge >= 0.3 is 0 Å². The number of rotatable bonds is 6. The second kappa shape index (κ2) is 8.28. The van der Waals surface area contributed by atoms with E-state index < -0.39 is 0 Å². The van der Waals surface area contributed by atoms with Crippen LogP contribution in [0.4, 0.5) is 0 Å². The van der Waals surface area contributed by atoms with Crippen molar-refractivity contribution in [2.45, 2.75) is 6.54 Å². The molecule has 2 aromatic heterocycles. The van der Waals surface area contributed by atoms with Crippen LogP contribution in [-0.4, -0.2) is 17.3 Å². The molecule has 0 saturated carbocycles. The van der Waals surface area contributed by atoms with Crippen LogP contribution in [-0.2, 0) is 6.54 Å². The van der Waals surface area contributed by atoms with Crippen molar-refractivity contribution in [2.24, 2.45) is 0 Å². The van der Waals surface area contributed by atoms with Crippen LogP contribution in [0.2, 0.25) is 0 Å². The summed E-state index contributed by atoms with van der Waals surface area (Å²) in [6.07, 6.45) is 5.62. The largest absolute Gasteiger partial charge is 0.491 e. The molecular weight excluding hydrogens is 364 g/mol. The van der Waals surface area contributed by atoms with Gasteiger partial charge in [0.1, 0.15) is 11.4 Å². The van der Waals surface area contributed by atoms with Crippen molar-refractivity contribution in [3.63, 3.8) is 0 Å². The molecule has 0 saturated heterocycles. The Balaban J connectivity index is 1.57. The Labute approximate surface area is 168 Å². The van der Waals surface area contributed by atoms with E-state index in [9.17, 15) is 0 Å². The van der Waals surface area contributed by atoms with Crippen molar-refractivity contribution < 1.29 is 14.0 Å². The number of ether oxygens (including phenoxy) is 2. The summed E-state index contributed by atoms with van der Waals surface area (Å²) in [5, 5.41) is 16.1. The molecule has 29 heavy (non-hydrogen) atoms. The van der Waals surface area contributed by atoms with E-state index in [4.69, 9.17) is 14.7 Å². The highest BCUT2D eigenvalue weighted by Gasteiger charge is 2.12. The maximum absolute atomic E-state index is 8.92. The van der Waals surface area contributed by atoms with Gasteiger partial charge in [-0.25, -0.2) is 0 Å². The van der Waals surface area contributed by atoms with Gasteiger partial charge in [0.2, 0.25) is 6.20 Å². The Hall–Kier alpha value is -4.11. The Bertz CT molecular complexity index is 1160. The summed E-state index contributed by atoms with van der Waals surface area (Å²) >= 11 is 0. The van der Waals surface area contributed by atoms with Gasteiger partial charge in [-0.2, -0.15) is 14.9 Å². The van der Waals surface area contributed by atoms with E-state index in [2.05, 4.69) is 33.0 Å². The normalized spacial score (nSPS) is 10.3. The molecule has 4 rings (SSSR count). The zero-order valence-corrected chi connectivity index (χ0v) is 15.9. The quantitative estimate of drug-likeness (QED) is 0.509. The summed E-state index contributed by atoms with van der Waals surface area (Å²) in [6.45, 7) is 0.713. The van der Waals surface area contributed by atoms with E-state index in [0.29, 0.717) is 23.6 Å². The topological polar surface area (TPSA) is 74.8 Å². The van der Waals surface area contributed by atoms with Gasteiger partial charge < -0.3 is 9.47 Å². The summed E-state index contributed by atoms with van der Waals surface area (Å²) in [7, 11) is 1.66. The average Bonchev–Trinajstić information content (AvgIpc) is 3.23. The fourth-order valence-corrected chi connectivity index (χ4v) is 3.04. The molecule has 0 aliphatic heterocycles.